The summed E-state index contributed by atoms with van der Waals surface area (Å²) in [5.41, 5.74) is 0.329. The van der Waals surface area contributed by atoms with Gasteiger partial charge in [0, 0.05) is 27.7 Å². The lowest BCUT2D eigenvalue weighted by molar-refractivity contribution is -0.141. The van der Waals surface area contributed by atoms with Crippen LogP contribution in [0, 0.1) is 5.92 Å². The number of carboxylic acids is 1. The molecule has 1 aromatic rings. The number of rotatable bonds is 6. The van der Waals surface area contributed by atoms with E-state index in [1.54, 1.807) is 19.0 Å². The van der Waals surface area contributed by atoms with Crippen LogP contribution in [0.5, 0.6) is 5.88 Å². The molecule has 1 heterocycles. The van der Waals surface area contributed by atoms with E-state index in [-0.39, 0.29) is 12.4 Å². The van der Waals surface area contributed by atoms with E-state index in [9.17, 15) is 9.59 Å². The summed E-state index contributed by atoms with van der Waals surface area (Å²) in [5.74, 6) is -0.918. The number of methoxy groups -OCH3 is 1. The second kappa shape index (κ2) is 7.43. The first-order chi connectivity index (χ1) is 10.3. The molecule has 0 saturated heterocycles. The number of anilines is 2. The van der Waals surface area contributed by atoms with Crippen molar-refractivity contribution in [1.29, 1.82) is 0 Å². The van der Waals surface area contributed by atoms with Gasteiger partial charge in [-0.3, -0.25) is 4.79 Å². The van der Waals surface area contributed by atoms with Gasteiger partial charge in [0.15, 0.2) is 5.82 Å². The molecule has 0 aliphatic rings. The van der Waals surface area contributed by atoms with Crippen molar-refractivity contribution in [1.82, 2.24) is 14.9 Å². The molecular formula is C13H21N5O4. The highest BCUT2D eigenvalue weighted by Gasteiger charge is 2.21. The monoisotopic (exact) mass is 311 g/mol. The van der Waals surface area contributed by atoms with E-state index < -0.39 is 17.9 Å². The minimum Gasteiger partial charge on any atom is -0.481 e. The lowest BCUT2D eigenvalue weighted by atomic mass is 10.2. The van der Waals surface area contributed by atoms with Crippen LogP contribution >= 0.6 is 0 Å². The van der Waals surface area contributed by atoms with Crippen molar-refractivity contribution < 1.29 is 19.4 Å². The first-order valence-electron chi connectivity index (χ1n) is 6.59. The third kappa shape index (κ3) is 4.21. The zero-order chi connectivity index (χ0) is 16.9. The van der Waals surface area contributed by atoms with Crippen LogP contribution in [0.4, 0.5) is 16.3 Å². The van der Waals surface area contributed by atoms with Crippen LogP contribution in [0.15, 0.2) is 6.33 Å². The van der Waals surface area contributed by atoms with Crippen molar-refractivity contribution >= 4 is 23.5 Å². The molecule has 9 heteroatoms. The first-order valence-corrected chi connectivity index (χ1v) is 6.59. The number of aliphatic carboxylic acids is 1. The highest BCUT2D eigenvalue weighted by molar-refractivity contribution is 5.94. The van der Waals surface area contributed by atoms with Gasteiger partial charge in [-0.25, -0.2) is 9.78 Å². The van der Waals surface area contributed by atoms with E-state index >= 15 is 0 Å². The van der Waals surface area contributed by atoms with E-state index in [0.717, 1.165) is 0 Å². The molecule has 2 N–H and O–H groups in total. The molecule has 1 atom stereocenters. The van der Waals surface area contributed by atoms with Crippen LogP contribution in [-0.2, 0) is 4.79 Å². The second-order valence-corrected chi connectivity index (χ2v) is 5.03. The van der Waals surface area contributed by atoms with E-state index in [1.807, 2.05) is 0 Å². The van der Waals surface area contributed by atoms with Gasteiger partial charge in [-0.1, -0.05) is 6.92 Å². The molecule has 0 aliphatic heterocycles. The summed E-state index contributed by atoms with van der Waals surface area (Å²) in [5, 5.41) is 11.6. The Bertz CT molecular complexity index is 549. The number of aromatic nitrogens is 2. The molecular weight excluding hydrogens is 290 g/mol. The van der Waals surface area contributed by atoms with Crippen molar-refractivity contribution in [3.63, 3.8) is 0 Å². The third-order valence-electron chi connectivity index (χ3n) is 2.96. The fraction of sp³-hybridized carbons (Fsp3) is 0.538. The number of amides is 2. The fourth-order valence-corrected chi connectivity index (χ4v) is 1.74. The lowest BCUT2D eigenvalue weighted by Crippen LogP contribution is -2.37. The number of urea groups is 1. The Hall–Kier alpha value is -2.58. The SMILES string of the molecule is COc1ncnc(N(C)C)c1NC(=O)N(C)CC(C)C(=O)O. The Morgan fingerprint density at radius 1 is 1.36 bits per heavy atom. The van der Waals surface area contributed by atoms with E-state index in [1.165, 1.54) is 32.3 Å². The Balaban J connectivity index is 2.94. The van der Waals surface area contributed by atoms with Gasteiger partial charge in [-0.2, -0.15) is 4.98 Å². The number of ether oxygens (including phenoxy) is 1. The fourth-order valence-electron chi connectivity index (χ4n) is 1.74. The zero-order valence-corrected chi connectivity index (χ0v) is 13.3. The number of hydrogen-bond acceptors (Lipinski definition) is 6. The van der Waals surface area contributed by atoms with E-state index in [4.69, 9.17) is 9.84 Å². The molecule has 1 rings (SSSR count). The molecule has 0 bridgehead atoms. The number of carbonyl (C=O) groups excluding carboxylic acids is 1. The average Bonchev–Trinajstić information content (AvgIpc) is 2.46. The predicted octanol–water partition coefficient (Wildman–Crippen LogP) is 0.736. The molecule has 0 radical (unpaired) electrons. The van der Waals surface area contributed by atoms with Gasteiger partial charge in [-0.05, 0) is 0 Å². The highest BCUT2D eigenvalue weighted by atomic mass is 16.5. The average molecular weight is 311 g/mol. The first kappa shape index (κ1) is 17.5. The molecule has 122 valence electrons. The smallest absolute Gasteiger partial charge is 0.321 e. The van der Waals surface area contributed by atoms with Crippen molar-refractivity contribution in [2.75, 3.05) is 45.0 Å². The molecule has 1 aromatic heterocycles. The quantitative estimate of drug-likeness (QED) is 0.797. The van der Waals surface area contributed by atoms with Crippen molar-refractivity contribution in [3.05, 3.63) is 6.33 Å². The summed E-state index contributed by atoms with van der Waals surface area (Å²) < 4.78 is 5.13. The number of nitrogens with one attached hydrogen (secondary N) is 1. The summed E-state index contributed by atoms with van der Waals surface area (Å²) in [4.78, 5) is 34.1. The van der Waals surface area contributed by atoms with Gasteiger partial charge in [0.05, 0.1) is 13.0 Å². The molecule has 9 nitrogen and oxygen atoms in total. The van der Waals surface area contributed by atoms with E-state index in [0.29, 0.717) is 11.5 Å². The lowest BCUT2D eigenvalue weighted by Gasteiger charge is -2.22. The molecule has 0 aliphatic carbocycles. The van der Waals surface area contributed by atoms with Crippen molar-refractivity contribution in [2.24, 2.45) is 5.92 Å². The van der Waals surface area contributed by atoms with Gasteiger partial charge >= 0.3 is 12.0 Å². The predicted molar refractivity (Wildman–Crippen MR) is 81.4 cm³/mol. The molecule has 0 fully saturated rings. The summed E-state index contributed by atoms with van der Waals surface area (Å²) in [6.45, 7) is 1.61. The van der Waals surface area contributed by atoms with Crippen LogP contribution in [0.3, 0.4) is 0 Å². The summed E-state index contributed by atoms with van der Waals surface area (Å²) >= 11 is 0. The highest BCUT2D eigenvalue weighted by Crippen LogP contribution is 2.29. The van der Waals surface area contributed by atoms with Crippen LogP contribution in [0.1, 0.15) is 6.92 Å². The normalized spacial score (nSPS) is 11.5. The maximum absolute atomic E-state index is 12.2. The number of nitrogens with zero attached hydrogens (tertiary/aromatic N) is 4. The Kier molecular flexibility index (Phi) is 5.90. The standard InChI is InChI=1S/C13H21N5O4/c1-8(12(19)20)6-18(4)13(21)16-9-10(17(2)3)14-7-15-11(9)22-5/h7-8H,6H2,1-5H3,(H,16,21)(H,19,20). The van der Waals surface area contributed by atoms with E-state index in [2.05, 4.69) is 15.3 Å². The molecule has 0 saturated carbocycles. The van der Waals surface area contributed by atoms with Crippen LogP contribution < -0.4 is 15.0 Å². The largest absolute Gasteiger partial charge is 0.481 e. The number of carboxylic acid groups (broad SMARTS) is 1. The second-order valence-electron chi connectivity index (χ2n) is 5.03. The Morgan fingerprint density at radius 3 is 2.50 bits per heavy atom. The summed E-state index contributed by atoms with van der Waals surface area (Å²) in [6.07, 6.45) is 1.33. The molecule has 2 amide bonds. The third-order valence-corrected chi connectivity index (χ3v) is 2.96. The molecule has 0 aromatic carbocycles. The molecule has 0 spiro atoms. The minimum absolute atomic E-state index is 0.0778. The zero-order valence-electron chi connectivity index (χ0n) is 13.3. The van der Waals surface area contributed by atoms with Gasteiger partial charge in [0.2, 0.25) is 5.88 Å². The van der Waals surface area contributed by atoms with Gasteiger partial charge in [0.25, 0.3) is 0 Å². The Morgan fingerprint density at radius 2 is 2.00 bits per heavy atom. The number of carbonyl (C=O) groups is 2. The molecule has 1 unspecified atom stereocenters. The van der Waals surface area contributed by atoms with Gasteiger partial charge < -0.3 is 25.0 Å². The van der Waals surface area contributed by atoms with Crippen LogP contribution in [0.2, 0.25) is 0 Å². The van der Waals surface area contributed by atoms with Crippen LogP contribution in [0.25, 0.3) is 0 Å². The summed E-state index contributed by atoms with van der Waals surface area (Å²) in [6, 6.07) is -0.468. The van der Waals surface area contributed by atoms with Crippen molar-refractivity contribution in [2.45, 2.75) is 6.92 Å². The topological polar surface area (TPSA) is 108 Å². The summed E-state index contributed by atoms with van der Waals surface area (Å²) in [7, 11) is 6.50. The maximum atomic E-state index is 12.2. The maximum Gasteiger partial charge on any atom is 0.321 e. The van der Waals surface area contributed by atoms with Gasteiger partial charge in [0.1, 0.15) is 12.0 Å². The number of hydrogen-bond donors (Lipinski definition) is 2. The molecule has 22 heavy (non-hydrogen) atoms. The Labute approximate surface area is 128 Å². The van der Waals surface area contributed by atoms with Gasteiger partial charge in [-0.15, -0.1) is 0 Å². The van der Waals surface area contributed by atoms with Crippen LogP contribution in [-0.4, -0.2) is 66.8 Å². The van der Waals surface area contributed by atoms with Crippen molar-refractivity contribution in [3.8, 4) is 5.88 Å². The minimum atomic E-state index is -0.964.